The predicted octanol–water partition coefficient (Wildman–Crippen LogP) is -1.09. The van der Waals surface area contributed by atoms with Crippen molar-refractivity contribution < 1.29 is 14.3 Å². The molecule has 1 heterocycles. The average Bonchev–Trinajstić information content (AvgIpc) is 2.22. The highest BCUT2D eigenvalue weighted by atomic mass is 16.5. The highest BCUT2D eigenvalue weighted by Gasteiger charge is 2.33. The summed E-state index contributed by atoms with van der Waals surface area (Å²) in [6.45, 7) is 3.60. The van der Waals surface area contributed by atoms with Crippen molar-refractivity contribution in [1.82, 2.24) is 15.1 Å². The molecule has 17 heavy (non-hydrogen) atoms. The first-order valence-electron chi connectivity index (χ1n) is 5.63. The van der Waals surface area contributed by atoms with E-state index in [9.17, 15) is 9.59 Å². The van der Waals surface area contributed by atoms with Crippen molar-refractivity contribution in [1.29, 1.82) is 0 Å². The molecule has 1 N–H and O–H groups in total. The van der Waals surface area contributed by atoms with Gasteiger partial charge in [0.2, 0.25) is 11.8 Å². The lowest BCUT2D eigenvalue weighted by molar-refractivity contribution is -0.148. The summed E-state index contributed by atoms with van der Waals surface area (Å²) < 4.78 is 5.51. The van der Waals surface area contributed by atoms with Gasteiger partial charge in [-0.15, -0.1) is 0 Å². The summed E-state index contributed by atoms with van der Waals surface area (Å²) in [5, 5.41) is 3.09. The summed E-state index contributed by atoms with van der Waals surface area (Å²) in [4.78, 5) is 26.0. The molecular weight excluding hydrogens is 222 g/mol. The van der Waals surface area contributed by atoms with Gasteiger partial charge >= 0.3 is 0 Å². The van der Waals surface area contributed by atoms with Crippen molar-refractivity contribution in [3.8, 4) is 0 Å². The molecule has 0 unspecified atom stereocenters. The highest BCUT2D eigenvalue weighted by molar-refractivity contribution is 5.84. The number of nitrogens with one attached hydrogen (secondary N) is 1. The second-order valence-corrected chi connectivity index (χ2v) is 4.88. The van der Waals surface area contributed by atoms with Crippen molar-refractivity contribution in [2.24, 2.45) is 0 Å². The van der Waals surface area contributed by atoms with Crippen LogP contribution in [0.1, 0.15) is 6.92 Å². The zero-order chi connectivity index (χ0) is 13.1. The van der Waals surface area contributed by atoms with Crippen LogP contribution in [0.2, 0.25) is 0 Å². The third kappa shape index (κ3) is 3.98. The van der Waals surface area contributed by atoms with Crippen LogP contribution in [-0.2, 0) is 14.3 Å². The molecule has 0 spiro atoms. The van der Waals surface area contributed by atoms with Gasteiger partial charge in [-0.25, -0.2) is 0 Å². The number of rotatable bonds is 5. The third-order valence-electron chi connectivity index (χ3n) is 2.84. The van der Waals surface area contributed by atoms with Gasteiger partial charge in [0.1, 0.15) is 6.61 Å². The lowest BCUT2D eigenvalue weighted by atomic mass is 10.0. The van der Waals surface area contributed by atoms with Crippen molar-refractivity contribution in [2.45, 2.75) is 12.5 Å². The zero-order valence-electron chi connectivity index (χ0n) is 10.9. The average molecular weight is 243 g/mol. The van der Waals surface area contributed by atoms with Gasteiger partial charge in [-0.3, -0.25) is 9.59 Å². The molecule has 1 fully saturated rings. The molecule has 0 radical (unpaired) electrons. The molecule has 0 aromatic heterocycles. The van der Waals surface area contributed by atoms with Crippen LogP contribution < -0.4 is 5.32 Å². The zero-order valence-corrected chi connectivity index (χ0v) is 10.9. The Morgan fingerprint density at radius 2 is 1.82 bits per heavy atom. The summed E-state index contributed by atoms with van der Waals surface area (Å²) in [5.74, 6) is -0.273. The SMILES string of the molecule is CN(C)C(=O)CN(C)C(=O)COC1(C)CNC1. The first kappa shape index (κ1) is 13.9. The fourth-order valence-corrected chi connectivity index (χ4v) is 1.36. The van der Waals surface area contributed by atoms with E-state index in [-0.39, 0.29) is 30.6 Å². The smallest absolute Gasteiger partial charge is 0.248 e. The summed E-state index contributed by atoms with van der Waals surface area (Å²) in [6, 6.07) is 0. The van der Waals surface area contributed by atoms with Gasteiger partial charge in [0.05, 0.1) is 12.1 Å². The molecule has 0 aromatic rings. The first-order chi connectivity index (χ1) is 7.84. The van der Waals surface area contributed by atoms with Crippen molar-refractivity contribution in [2.75, 3.05) is 47.4 Å². The summed E-state index contributed by atoms with van der Waals surface area (Å²) >= 11 is 0. The molecule has 0 bridgehead atoms. The van der Waals surface area contributed by atoms with Crippen LogP contribution in [-0.4, -0.2) is 74.6 Å². The molecule has 6 nitrogen and oxygen atoms in total. The van der Waals surface area contributed by atoms with Crippen LogP contribution in [0.5, 0.6) is 0 Å². The van der Waals surface area contributed by atoms with Gasteiger partial charge in [-0.1, -0.05) is 0 Å². The maximum Gasteiger partial charge on any atom is 0.248 e. The maximum absolute atomic E-state index is 11.7. The third-order valence-corrected chi connectivity index (χ3v) is 2.84. The van der Waals surface area contributed by atoms with E-state index in [1.165, 1.54) is 9.80 Å². The lowest BCUT2D eigenvalue weighted by Gasteiger charge is -2.39. The molecular formula is C11H21N3O3. The molecule has 2 amide bonds. The number of nitrogens with zero attached hydrogens (tertiary/aromatic N) is 2. The fourth-order valence-electron chi connectivity index (χ4n) is 1.36. The molecule has 6 heteroatoms. The predicted molar refractivity (Wildman–Crippen MR) is 63.6 cm³/mol. The monoisotopic (exact) mass is 243 g/mol. The van der Waals surface area contributed by atoms with Crippen molar-refractivity contribution in [3.05, 3.63) is 0 Å². The van der Waals surface area contributed by atoms with Crippen LogP contribution in [0, 0.1) is 0 Å². The van der Waals surface area contributed by atoms with Crippen LogP contribution in [0.4, 0.5) is 0 Å². The molecule has 1 aliphatic heterocycles. The second-order valence-electron chi connectivity index (χ2n) is 4.88. The Morgan fingerprint density at radius 3 is 2.24 bits per heavy atom. The quantitative estimate of drug-likeness (QED) is 0.666. The molecule has 1 aliphatic rings. The van der Waals surface area contributed by atoms with E-state index in [0.29, 0.717) is 0 Å². The Balaban J connectivity index is 2.29. The number of amides is 2. The number of carbonyl (C=O) groups excluding carboxylic acids is 2. The van der Waals surface area contributed by atoms with Crippen LogP contribution in [0.25, 0.3) is 0 Å². The number of likely N-dealkylation sites (N-methyl/N-ethyl adjacent to an activating group) is 2. The summed E-state index contributed by atoms with van der Waals surface area (Å²) in [6.07, 6.45) is 0. The molecule has 98 valence electrons. The van der Waals surface area contributed by atoms with E-state index in [2.05, 4.69) is 5.32 Å². The molecule has 1 rings (SSSR count). The van der Waals surface area contributed by atoms with E-state index >= 15 is 0 Å². The highest BCUT2D eigenvalue weighted by Crippen LogP contribution is 2.14. The van der Waals surface area contributed by atoms with Gasteiger partial charge in [0.25, 0.3) is 0 Å². The van der Waals surface area contributed by atoms with E-state index < -0.39 is 0 Å². The Bertz CT molecular complexity index is 300. The van der Waals surface area contributed by atoms with E-state index in [4.69, 9.17) is 4.74 Å². The number of hydrogen-bond donors (Lipinski definition) is 1. The Morgan fingerprint density at radius 1 is 1.24 bits per heavy atom. The van der Waals surface area contributed by atoms with Crippen molar-refractivity contribution in [3.63, 3.8) is 0 Å². The van der Waals surface area contributed by atoms with Gasteiger partial charge in [-0.2, -0.15) is 0 Å². The Labute approximate surface area is 102 Å². The standard InChI is InChI=1S/C11H21N3O3/c1-11(7-12-8-11)17-6-10(16)14(4)5-9(15)13(2)3/h12H,5-8H2,1-4H3. The number of ether oxygens (including phenoxy) is 1. The lowest BCUT2D eigenvalue weighted by Crippen LogP contribution is -2.59. The topological polar surface area (TPSA) is 61.9 Å². The van der Waals surface area contributed by atoms with Crippen LogP contribution >= 0.6 is 0 Å². The van der Waals surface area contributed by atoms with E-state index in [1.807, 2.05) is 6.92 Å². The molecule has 0 atom stereocenters. The van der Waals surface area contributed by atoms with Crippen LogP contribution in [0.3, 0.4) is 0 Å². The minimum atomic E-state index is -0.234. The Hall–Kier alpha value is -1.14. The van der Waals surface area contributed by atoms with E-state index in [0.717, 1.165) is 13.1 Å². The fraction of sp³-hybridized carbons (Fsp3) is 0.818. The molecule has 0 aromatic carbocycles. The summed E-state index contributed by atoms with van der Waals surface area (Å²) in [5.41, 5.74) is -0.234. The largest absolute Gasteiger partial charge is 0.363 e. The second kappa shape index (κ2) is 5.46. The first-order valence-corrected chi connectivity index (χ1v) is 5.63. The normalized spacial score (nSPS) is 17.2. The summed E-state index contributed by atoms with van der Waals surface area (Å²) in [7, 11) is 4.94. The number of hydrogen-bond acceptors (Lipinski definition) is 4. The van der Waals surface area contributed by atoms with Crippen molar-refractivity contribution >= 4 is 11.8 Å². The van der Waals surface area contributed by atoms with Gasteiger partial charge in [0, 0.05) is 34.2 Å². The van der Waals surface area contributed by atoms with Gasteiger partial charge in [0.15, 0.2) is 0 Å². The van der Waals surface area contributed by atoms with Crippen LogP contribution in [0.15, 0.2) is 0 Å². The minimum Gasteiger partial charge on any atom is -0.363 e. The van der Waals surface area contributed by atoms with Gasteiger partial charge < -0.3 is 19.9 Å². The van der Waals surface area contributed by atoms with E-state index in [1.54, 1.807) is 21.1 Å². The number of carbonyl (C=O) groups is 2. The Kier molecular flexibility index (Phi) is 4.47. The molecule has 1 saturated heterocycles. The molecule has 0 aliphatic carbocycles. The van der Waals surface area contributed by atoms with Gasteiger partial charge in [-0.05, 0) is 6.92 Å². The minimum absolute atomic E-state index is 0.0232. The maximum atomic E-state index is 11.7. The molecule has 0 saturated carbocycles.